The van der Waals surface area contributed by atoms with Gasteiger partial charge in [-0.1, -0.05) is 11.6 Å². The molecule has 0 radical (unpaired) electrons. The minimum atomic E-state index is -1.29. The third-order valence-electron chi connectivity index (χ3n) is 4.00. The number of Topliss-reactive ketones (excluding diaryl/α,β-unsaturated/α-hetero) is 1. The molecule has 0 fully saturated rings. The zero-order valence-corrected chi connectivity index (χ0v) is 16.7. The summed E-state index contributed by atoms with van der Waals surface area (Å²) in [6.07, 6.45) is 0. The van der Waals surface area contributed by atoms with Gasteiger partial charge in [-0.3, -0.25) is 9.59 Å². The lowest BCUT2D eigenvalue weighted by Crippen LogP contribution is -2.43. The van der Waals surface area contributed by atoms with E-state index < -0.39 is 17.6 Å². The molecule has 28 heavy (non-hydrogen) atoms. The molecular weight excluding hydrogens is 382 g/mol. The molecule has 2 rings (SSSR count). The van der Waals surface area contributed by atoms with Crippen LogP contribution >= 0.6 is 11.6 Å². The van der Waals surface area contributed by atoms with Crippen molar-refractivity contribution in [2.45, 2.75) is 32.4 Å². The van der Waals surface area contributed by atoms with Crippen molar-refractivity contribution >= 4 is 29.1 Å². The predicted octanol–water partition coefficient (Wildman–Crippen LogP) is 3.19. The van der Waals surface area contributed by atoms with E-state index >= 15 is 0 Å². The highest BCUT2D eigenvalue weighted by atomic mass is 35.5. The Hall–Kier alpha value is -2.70. The molecule has 0 unspecified atom stereocenters. The topological polar surface area (TPSA) is 95.7 Å². The fourth-order valence-electron chi connectivity index (χ4n) is 2.24. The molecule has 2 N–H and O–H groups in total. The van der Waals surface area contributed by atoms with Crippen molar-refractivity contribution < 1.29 is 23.9 Å². The number of halogens is 1. The second kappa shape index (κ2) is 8.99. The van der Waals surface area contributed by atoms with Gasteiger partial charge in [-0.15, -0.1) is 0 Å². The van der Waals surface area contributed by atoms with E-state index in [1.54, 1.807) is 62.4 Å². The molecule has 0 saturated carbocycles. The van der Waals surface area contributed by atoms with E-state index in [1.807, 2.05) is 0 Å². The summed E-state index contributed by atoms with van der Waals surface area (Å²) in [6, 6.07) is 12.2. The van der Waals surface area contributed by atoms with E-state index in [0.717, 1.165) is 0 Å². The Morgan fingerprint density at radius 3 is 2.00 bits per heavy atom. The molecular formula is C21H22ClNO5. The monoisotopic (exact) mass is 403 g/mol. The van der Waals surface area contributed by atoms with Gasteiger partial charge in [-0.05, 0) is 69.3 Å². The molecule has 0 aromatic heterocycles. The molecule has 2 aromatic rings. The van der Waals surface area contributed by atoms with Crippen molar-refractivity contribution in [3.05, 3.63) is 64.7 Å². The fraction of sp³-hybridized carbons (Fsp3) is 0.286. The highest BCUT2D eigenvalue weighted by Crippen LogP contribution is 2.22. The molecule has 148 valence electrons. The number of ether oxygens (including phenoxy) is 2. The Kier molecular flexibility index (Phi) is 6.94. The number of esters is 1. The number of rotatable bonds is 8. The molecule has 0 heterocycles. The highest BCUT2D eigenvalue weighted by molar-refractivity contribution is 6.30. The van der Waals surface area contributed by atoms with E-state index in [9.17, 15) is 14.4 Å². The average molecular weight is 404 g/mol. The number of carbonyl (C=O) groups excluding carboxylic acids is 3. The summed E-state index contributed by atoms with van der Waals surface area (Å²) >= 11 is 5.84. The van der Waals surface area contributed by atoms with Crippen molar-refractivity contribution in [3.63, 3.8) is 0 Å². The number of hydrogen-bond acceptors (Lipinski definition) is 6. The van der Waals surface area contributed by atoms with Crippen LogP contribution in [0.25, 0.3) is 0 Å². The number of ketones is 2. The zero-order valence-electron chi connectivity index (χ0n) is 15.9. The van der Waals surface area contributed by atoms with E-state index in [1.165, 1.54) is 6.92 Å². The predicted molar refractivity (Wildman–Crippen MR) is 106 cm³/mol. The molecule has 0 amide bonds. The van der Waals surface area contributed by atoms with Crippen LogP contribution in [0.2, 0.25) is 5.02 Å². The summed E-state index contributed by atoms with van der Waals surface area (Å²) in [7, 11) is 0. The third kappa shape index (κ3) is 5.65. The molecule has 0 bridgehead atoms. The van der Waals surface area contributed by atoms with Gasteiger partial charge in [0.2, 0.25) is 0 Å². The molecule has 0 aliphatic rings. The van der Waals surface area contributed by atoms with Crippen molar-refractivity contribution in [2.75, 3.05) is 6.61 Å². The second-order valence-corrected chi connectivity index (χ2v) is 7.22. The van der Waals surface area contributed by atoms with Crippen LogP contribution in [-0.2, 0) is 14.3 Å². The van der Waals surface area contributed by atoms with Crippen LogP contribution in [0.5, 0.6) is 5.75 Å². The molecule has 7 heteroatoms. The van der Waals surface area contributed by atoms with Gasteiger partial charge in [0.1, 0.15) is 18.1 Å². The lowest BCUT2D eigenvalue weighted by Gasteiger charge is -2.25. The van der Waals surface area contributed by atoms with Crippen molar-refractivity contribution in [3.8, 4) is 5.75 Å². The van der Waals surface area contributed by atoms with Crippen LogP contribution in [0, 0.1) is 0 Å². The molecule has 1 atom stereocenters. The summed E-state index contributed by atoms with van der Waals surface area (Å²) in [5.41, 5.74) is 5.25. The number of carbonyl (C=O) groups is 3. The first kappa shape index (κ1) is 21.6. The van der Waals surface area contributed by atoms with Crippen molar-refractivity contribution in [1.29, 1.82) is 0 Å². The maximum Gasteiger partial charge on any atom is 0.349 e. The van der Waals surface area contributed by atoms with E-state index in [2.05, 4.69) is 0 Å². The largest absolute Gasteiger partial charge is 0.476 e. The Morgan fingerprint density at radius 2 is 1.50 bits per heavy atom. The SMILES string of the molecule is CC(=O)[C@@H](N)COC(=O)C(C)(C)Oc1ccc(C(=O)c2ccc(Cl)cc2)cc1. The average Bonchev–Trinajstić information content (AvgIpc) is 2.66. The highest BCUT2D eigenvalue weighted by Gasteiger charge is 2.32. The number of hydrogen-bond donors (Lipinski definition) is 1. The first-order valence-corrected chi connectivity index (χ1v) is 9.00. The quantitative estimate of drug-likeness (QED) is 0.537. The smallest absolute Gasteiger partial charge is 0.349 e. The molecule has 2 aromatic carbocycles. The van der Waals surface area contributed by atoms with Gasteiger partial charge in [-0.25, -0.2) is 4.79 Å². The van der Waals surface area contributed by atoms with Crippen LogP contribution in [0.3, 0.4) is 0 Å². The number of nitrogens with two attached hydrogens (primary N) is 1. The Labute approximate surface area is 168 Å². The van der Waals surface area contributed by atoms with Gasteiger partial charge in [0.05, 0.1) is 6.04 Å². The Balaban J connectivity index is 2.02. The first-order chi connectivity index (χ1) is 13.1. The molecule has 0 saturated heterocycles. The summed E-state index contributed by atoms with van der Waals surface area (Å²) in [6.45, 7) is 4.20. The fourth-order valence-corrected chi connectivity index (χ4v) is 2.36. The van der Waals surface area contributed by atoms with Gasteiger partial charge in [0.15, 0.2) is 11.4 Å². The molecule has 0 spiro atoms. The summed E-state index contributed by atoms with van der Waals surface area (Å²) in [5, 5.41) is 0.554. The van der Waals surface area contributed by atoms with Crippen LogP contribution in [0.1, 0.15) is 36.7 Å². The van der Waals surface area contributed by atoms with Crippen LogP contribution in [0.4, 0.5) is 0 Å². The standard InChI is InChI=1S/C21H22ClNO5/c1-13(24)18(23)12-27-20(26)21(2,3)28-17-10-6-15(7-11-17)19(25)14-4-8-16(22)9-5-14/h4-11,18H,12,23H2,1-3H3/t18-/m0/s1. The van der Waals surface area contributed by atoms with E-state index in [0.29, 0.717) is 21.9 Å². The number of benzene rings is 2. The minimum absolute atomic E-state index is 0.153. The van der Waals surface area contributed by atoms with Gasteiger partial charge in [0.25, 0.3) is 0 Å². The Bertz CT molecular complexity index is 859. The lowest BCUT2D eigenvalue weighted by molar-refractivity contribution is -0.160. The third-order valence-corrected chi connectivity index (χ3v) is 4.26. The van der Waals surface area contributed by atoms with E-state index in [4.69, 9.17) is 26.8 Å². The molecule has 6 nitrogen and oxygen atoms in total. The summed E-state index contributed by atoms with van der Waals surface area (Å²) < 4.78 is 10.7. The first-order valence-electron chi connectivity index (χ1n) is 8.63. The van der Waals surface area contributed by atoms with Gasteiger partial charge < -0.3 is 15.2 Å². The van der Waals surface area contributed by atoms with E-state index in [-0.39, 0.29) is 18.2 Å². The second-order valence-electron chi connectivity index (χ2n) is 6.79. The minimum Gasteiger partial charge on any atom is -0.476 e. The van der Waals surface area contributed by atoms with Gasteiger partial charge in [-0.2, -0.15) is 0 Å². The zero-order chi connectivity index (χ0) is 20.9. The summed E-state index contributed by atoms with van der Waals surface area (Å²) in [4.78, 5) is 35.8. The molecule has 0 aliphatic heterocycles. The lowest BCUT2D eigenvalue weighted by atomic mass is 10.0. The van der Waals surface area contributed by atoms with Crippen LogP contribution in [0.15, 0.2) is 48.5 Å². The van der Waals surface area contributed by atoms with Crippen molar-refractivity contribution in [1.82, 2.24) is 0 Å². The van der Waals surface area contributed by atoms with Gasteiger partial charge in [0, 0.05) is 16.1 Å². The normalized spacial score (nSPS) is 12.2. The molecule has 0 aliphatic carbocycles. The maximum atomic E-state index is 12.5. The van der Waals surface area contributed by atoms with Crippen LogP contribution in [-0.4, -0.2) is 35.8 Å². The Morgan fingerprint density at radius 1 is 1.00 bits per heavy atom. The van der Waals surface area contributed by atoms with Crippen molar-refractivity contribution in [2.24, 2.45) is 5.73 Å². The van der Waals surface area contributed by atoms with Crippen LogP contribution < -0.4 is 10.5 Å². The maximum absolute atomic E-state index is 12.5. The summed E-state index contributed by atoms with van der Waals surface area (Å²) in [5.74, 6) is -0.677. The van der Waals surface area contributed by atoms with Gasteiger partial charge >= 0.3 is 5.97 Å².